The molecule has 3 N–H and O–H groups in total. The summed E-state index contributed by atoms with van der Waals surface area (Å²) in [5.74, 6) is 0.352. The quantitative estimate of drug-likeness (QED) is 0.261. The predicted octanol–water partition coefficient (Wildman–Crippen LogP) is 4.21. The van der Waals surface area contributed by atoms with E-state index in [0.717, 1.165) is 15.7 Å². The SMILES string of the molecule is CC(=O)[C@@](C)(O)COc1ccc(I)cc1.Nc1ccc([N+](=O)[O-])c(C(F)(F)F)c1. The number of aliphatic hydroxyl groups is 1. The Morgan fingerprint density at radius 1 is 1.24 bits per heavy atom. The van der Waals surface area contributed by atoms with Gasteiger partial charge in [-0.15, -0.1) is 0 Å². The summed E-state index contributed by atoms with van der Waals surface area (Å²) < 4.78 is 43.1. The van der Waals surface area contributed by atoms with E-state index in [4.69, 9.17) is 10.5 Å². The summed E-state index contributed by atoms with van der Waals surface area (Å²) in [5.41, 5.74) is 1.20. The molecular weight excluding hydrogens is 508 g/mol. The van der Waals surface area contributed by atoms with Crippen LogP contribution in [-0.2, 0) is 11.0 Å². The number of hydrogen-bond acceptors (Lipinski definition) is 6. The van der Waals surface area contributed by atoms with Crippen molar-refractivity contribution in [2.75, 3.05) is 12.3 Å². The molecule has 0 bridgehead atoms. The number of Topliss-reactive ketones (excluding diaryl/α,β-unsaturated/α-hetero) is 1. The fourth-order valence-electron chi connectivity index (χ4n) is 1.80. The standard InChI is InChI=1S/C11H13IO3.C7H5F3N2O2/c1-8(13)11(2,14)7-15-10-5-3-9(12)4-6-10;8-7(9,10)5-3-4(11)1-2-6(5)12(13)14/h3-6,14H,7H2,1-2H3;1-3H,11H2/t11-;/m0./s1. The van der Waals surface area contributed by atoms with Crippen molar-refractivity contribution in [1.82, 2.24) is 0 Å². The predicted molar refractivity (Wildman–Crippen MR) is 108 cm³/mol. The van der Waals surface area contributed by atoms with Crippen LogP contribution in [0.2, 0.25) is 0 Å². The second kappa shape index (κ2) is 9.87. The van der Waals surface area contributed by atoms with Crippen LogP contribution in [0.1, 0.15) is 19.4 Å². The number of nitro groups is 1. The Bertz CT molecular complexity index is 871. The van der Waals surface area contributed by atoms with Gasteiger partial charge in [-0.3, -0.25) is 14.9 Å². The molecule has 2 aromatic carbocycles. The van der Waals surface area contributed by atoms with Crippen LogP contribution in [0.4, 0.5) is 24.5 Å². The molecule has 0 amide bonds. The van der Waals surface area contributed by atoms with Crippen LogP contribution >= 0.6 is 22.6 Å². The lowest BCUT2D eigenvalue weighted by Crippen LogP contribution is -2.39. The second-order valence-corrected chi connectivity index (χ2v) is 7.35. The molecule has 158 valence electrons. The highest BCUT2D eigenvalue weighted by Crippen LogP contribution is 2.36. The molecule has 2 aromatic rings. The number of hydrogen-bond donors (Lipinski definition) is 2. The lowest BCUT2D eigenvalue weighted by atomic mass is 10.0. The van der Waals surface area contributed by atoms with Crippen LogP contribution < -0.4 is 10.5 Å². The van der Waals surface area contributed by atoms with Crippen molar-refractivity contribution in [3.05, 3.63) is 61.7 Å². The molecule has 0 spiro atoms. The lowest BCUT2D eigenvalue weighted by molar-refractivity contribution is -0.388. The molecule has 0 saturated heterocycles. The van der Waals surface area contributed by atoms with Crippen molar-refractivity contribution in [3.8, 4) is 5.75 Å². The van der Waals surface area contributed by atoms with Crippen LogP contribution in [0.25, 0.3) is 0 Å². The maximum absolute atomic E-state index is 12.2. The number of halogens is 4. The van der Waals surface area contributed by atoms with E-state index in [1.807, 2.05) is 12.1 Å². The van der Waals surface area contributed by atoms with Gasteiger partial charge in [0.1, 0.15) is 17.9 Å². The number of nitrogens with two attached hydrogens (primary N) is 1. The number of ether oxygens (including phenoxy) is 1. The van der Waals surface area contributed by atoms with Gasteiger partial charge >= 0.3 is 6.18 Å². The highest BCUT2D eigenvalue weighted by atomic mass is 127. The Balaban J connectivity index is 0.000000291. The minimum atomic E-state index is -4.77. The molecule has 0 saturated carbocycles. The Morgan fingerprint density at radius 2 is 1.79 bits per heavy atom. The Hall–Kier alpha value is -2.41. The van der Waals surface area contributed by atoms with Gasteiger partial charge in [0.2, 0.25) is 0 Å². The molecule has 0 fully saturated rings. The molecule has 7 nitrogen and oxygen atoms in total. The van der Waals surface area contributed by atoms with Gasteiger partial charge in [0.25, 0.3) is 5.69 Å². The van der Waals surface area contributed by atoms with Crippen LogP contribution in [0.15, 0.2) is 42.5 Å². The van der Waals surface area contributed by atoms with Gasteiger partial charge in [-0.25, -0.2) is 0 Å². The van der Waals surface area contributed by atoms with Gasteiger partial charge in [-0.1, -0.05) is 0 Å². The molecule has 1 atom stereocenters. The summed E-state index contributed by atoms with van der Waals surface area (Å²) in [6.07, 6.45) is -4.77. The van der Waals surface area contributed by atoms with E-state index < -0.39 is 28.0 Å². The van der Waals surface area contributed by atoms with Gasteiger partial charge in [0.15, 0.2) is 11.4 Å². The van der Waals surface area contributed by atoms with E-state index >= 15 is 0 Å². The minimum absolute atomic E-state index is 0.0249. The number of nitrogen functional groups attached to an aromatic ring is 1. The molecule has 11 heteroatoms. The number of alkyl halides is 3. The summed E-state index contributed by atoms with van der Waals surface area (Å²) in [6, 6.07) is 9.73. The summed E-state index contributed by atoms with van der Waals surface area (Å²) in [5, 5.41) is 19.9. The third-order valence-corrected chi connectivity index (χ3v) is 4.33. The number of nitro benzene ring substituents is 1. The fourth-order valence-corrected chi connectivity index (χ4v) is 2.16. The van der Waals surface area contributed by atoms with Gasteiger partial charge in [-0.05, 0) is 72.8 Å². The zero-order valence-electron chi connectivity index (χ0n) is 15.4. The summed E-state index contributed by atoms with van der Waals surface area (Å²) in [6.45, 7) is 2.77. The van der Waals surface area contributed by atoms with Crippen molar-refractivity contribution in [2.24, 2.45) is 0 Å². The maximum Gasteiger partial charge on any atom is 0.423 e. The van der Waals surface area contributed by atoms with Crippen LogP contribution in [0.5, 0.6) is 5.75 Å². The van der Waals surface area contributed by atoms with E-state index in [0.29, 0.717) is 11.8 Å². The Labute approximate surface area is 178 Å². The van der Waals surface area contributed by atoms with E-state index in [2.05, 4.69) is 22.6 Å². The number of ketones is 1. The topological polar surface area (TPSA) is 116 Å². The first-order chi connectivity index (χ1) is 13.2. The molecule has 2 rings (SSSR count). The highest BCUT2D eigenvalue weighted by Gasteiger charge is 2.38. The number of carbonyl (C=O) groups is 1. The Morgan fingerprint density at radius 3 is 2.24 bits per heavy atom. The first-order valence-corrected chi connectivity index (χ1v) is 9.05. The van der Waals surface area contributed by atoms with Gasteiger partial charge < -0.3 is 15.6 Å². The van der Waals surface area contributed by atoms with E-state index in [-0.39, 0.29) is 18.1 Å². The van der Waals surface area contributed by atoms with Crippen LogP contribution in [0.3, 0.4) is 0 Å². The molecule has 0 heterocycles. The number of benzene rings is 2. The van der Waals surface area contributed by atoms with E-state index in [9.17, 15) is 33.2 Å². The molecule has 29 heavy (non-hydrogen) atoms. The zero-order valence-corrected chi connectivity index (χ0v) is 17.5. The summed E-state index contributed by atoms with van der Waals surface area (Å²) >= 11 is 2.19. The van der Waals surface area contributed by atoms with Crippen LogP contribution in [-0.4, -0.2) is 28.0 Å². The first-order valence-electron chi connectivity index (χ1n) is 7.97. The van der Waals surface area contributed by atoms with E-state index in [1.165, 1.54) is 13.8 Å². The van der Waals surface area contributed by atoms with Gasteiger partial charge in [0, 0.05) is 15.3 Å². The van der Waals surface area contributed by atoms with Crippen molar-refractivity contribution in [3.63, 3.8) is 0 Å². The number of rotatable bonds is 5. The van der Waals surface area contributed by atoms with Crippen molar-refractivity contribution >= 4 is 39.7 Å². The number of anilines is 1. The molecule has 0 aliphatic carbocycles. The van der Waals surface area contributed by atoms with Crippen molar-refractivity contribution < 1.29 is 32.7 Å². The average molecular weight is 526 g/mol. The molecule has 0 aliphatic heterocycles. The van der Waals surface area contributed by atoms with Crippen LogP contribution in [0, 0.1) is 13.7 Å². The summed E-state index contributed by atoms with van der Waals surface area (Å²) in [4.78, 5) is 20.2. The minimum Gasteiger partial charge on any atom is -0.490 e. The molecular formula is C18H18F3IN2O5. The summed E-state index contributed by atoms with van der Waals surface area (Å²) in [7, 11) is 0. The lowest BCUT2D eigenvalue weighted by Gasteiger charge is -2.20. The van der Waals surface area contributed by atoms with Crippen molar-refractivity contribution in [2.45, 2.75) is 25.6 Å². The monoisotopic (exact) mass is 526 g/mol. The Kier molecular flexibility index (Phi) is 8.38. The van der Waals surface area contributed by atoms with Crippen molar-refractivity contribution in [1.29, 1.82) is 0 Å². The second-order valence-electron chi connectivity index (χ2n) is 6.10. The third kappa shape index (κ3) is 7.85. The first kappa shape index (κ1) is 24.6. The largest absolute Gasteiger partial charge is 0.490 e. The highest BCUT2D eigenvalue weighted by molar-refractivity contribution is 14.1. The average Bonchev–Trinajstić information content (AvgIpc) is 2.60. The van der Waals surface area contributed by atoms with Gasteiger partial charge in [0.05, 0.1) is 4.92 Å². The zero-order chi connectivity index (χ0) is 22.4. The number of nitrogens with zero attached hydrogens (tertiary/aromatic N) is 1. The molecule has 0 unspecified atom stereocenters. The fraction of sp³-hybridized carbons (Fsp3) is 0.278. The number of carbonyl (C=O) groups excluding carboxylic acids is 1. The smallest absolute Gasteiger partial charge is 0.423 e. The van der Waals surface area contributed by atoms with E-state index in [1.54, 1.807) is 12.1 Å². The molecule has 0 aliphatic rings. The normalized spacial score (nSPS) is 12.9. The molecule has 0 radical (unpaired) electrons. The van der Waals surface area contributed by atoms with Gasteiger partial charge in [-0.2, -0.15) is 13.2 Å². The third-order valence-electron chi connectivity index (χ3n) is 3.61. The molecule has 0 aromatic heterocycles. The maximum atomic E-state index is 12.2.